The van der Waals surface area contributed by atoms with Crippen LogP contribution in [0.4, 0.5) is 4.39 Å². The van der Waals surface area contributed by atoms with Crippen molar-refractivity contribution in [3.8, 4) is 0 Å². The fraction of sp³-hybridized carbons (Fsp3) is 0.409. The normalized spacial score (nSPS) is 25.2. The molecule has 0 aromatic heterocycles. The molecule has 2 fully saturated rings. The highest BCUT2D eigenvalue weighted by atomic mass is 19.1. The first kappa shape index (κ1) is 16.3. The van der Waals surface area contributed by atoms with Gasteiger partial charge in [-0.15, -0.1) is 0 Å². The summed E-state index contributed by atoms with van der Waals surface area (Å²) in [6.07, 6.45) is 4.13. The van der Waals surface area contributed by atoms with Crippen molar-refractivity contribution in [3.63, 3.8) is 0 Å². The van der Waals surface area contributed by atoms with Crippen LogP contribution in [0, 0.1) is 19.7 Å². The highest BCUT2D eigenvalue weighted by Gasteiger charge is 2.43. The van der Waals surface area contributed by atoms with Crippen LogP contribution in [0.5, 0.6) is 0 Å². The Morgan fingerprint density at radius 2 is 1.60 bits per heavy atom. The summed E-state index contributed by atoms with van der Waals surface area (Å²) in [6, 6.07) is 13.5. The Balaban J connectivity index is 1.55. The monoisotopic (exact) mass is 337 g/mol. The molecule has 0 unspecified atom stereocenters. The molecule has 2 aromatic carbocycles. The summed E-state index contributed by atoms with van der Waals surface area (Å²) in [6.45, 7) is 4.13. The van der Waals surface area contributed by atoms with Gasteiger partial charge in [0.25, 0.3) is 5.91 Å². The van der Waals surface area contributed by atoms with Crippen molar-refractivity contribution in [2.24, 2.45) is 0 Å². The second-order valence-corrected chi connectivity index (χ2v) is 7.62. The van der Waals surface area contributed by atoms with Crippen molar-refractivity contribution in [1.29, 1.82) is 0 Å². The summed E-state index contributed by atoms with van der Waals surface area (Å²) in [7, 11) is 0. The van der Waals surface area contributed by atoms with Crippen LogP contribution in [0.25, 0.3) is 0 Å². The average molecular weight is 337 g/mol. The quantitative estimate of drug-likeness (QED) is 0.756. The van der Waals surface area contributed by atoms with Crippen LogP contribution < -0.4 is 0 Å². The SMILES string of the molecule is Cc1ccc(C(=O)N2[C@@H]3CC[C@H]2C[C@@H](c2ccc(F)cc2)C3)cc1C. The summed E-state index contributed by atoms with van der Waals surface area (Å²) in [4.78, 5) is 15.2. The Morgan fingerprint density at radius 3 is 2.20 bits per heavy atom. The predicted octanol–water partition coefficient (Wildman–Crippen LogP) is 4.99. The van der Waals surface area contributed by atoms with Gasteiger partial charge in [0.15, 0.2) is 0 Å². The van der Waals surface area contributed by atoms with Crippen molar-refractivity contribution in [3.05, 3.63) is 70.5 Å². The fourth-order valence-electron chi connectivity index (χ4n) is 4.54. The maximum atomic E-state index is 13.2. The van der Waals surface area contributed by atoms with E-state index in [9.17, 15) is 9.18 Å². The van der Waals surface area contributed by atoms with Gasteiger partial charge in [-0.1, -0.05) is 18.2 Å². The first-order chi connectivity index (χ1) is 12.0. The third kappa shape index (κ3) is 2.97. The average Bonchev–Trinajstić information content (AvgIpc) is 2.87. The number of amides is 1. The summed E-state index contributed by atoms with van der Waals surface area (Å²) in [5, 5.41) is 0. The van der Waals surface area contributed by atoms with Gasteiger partial charge in [0, 0.05) is 17.6 Å². The van der Waals surface area contributed by atoms with E-state index in [0.717, 1.165) is 31.2 Å². The number of fused-ring (bicyclic) bond motifs is 2. The minimum absolute atomic E-state index is 0.174. The standard InChI is InChI=1S/C22H24FNO/c1-14-3-4-17(11-15(14)2)22(25)24-20-9-10-21(24)13-18(12-20)16-5-7-19(23)8-6-16/h3-8,11,18,20-21H,9-10,12-13H2,1-2H3/t18-,20+,21-. The lowest BCUT2D eigenvalue weighted by Crippen LogP contribution is -2.46. The van der Waals surface area contributed by atoms with Crippen LogP contribution in [0.2, 0.25) is 0 Å². The molecule has 2 bridgehead atoms. The van der Waals surface area contributed by atoms with Crippen molar-refractivity contribution >= 4 is 5.91 Å². The predicted molar refractivity (Wildman–Crippen MR) is 97.3 cm³/mol. The molecule has 130 valence electrons. The van der Waals surface area contributed by atoms with Crippen molar-refractivity contribution in [2.45, 2.75) is 57.5 Å². The molecule has 2 saturated heterocycles. The van der Waals surface area contributed by atoms with Crippen LogP contribution in [-0.2, 0) is 0 Å². The number of carbonyl (C=O) groups is 1. The molecule has 2 aliphatic heterocycles. The zero-order valence-corrected chi connectivity index (χ0v) is 14.8. The third-order valence-electron chi connectivity index (χ3n) is 6.06. The maximum absolute atomic E-state index is 13.2. The molecule has 25 heavy (non-hydrogen) atoms. The van der Waals surface area contributed by atoms with Crippen molar-refractivity contribution < 1.29 is 9.18 Å². The van der Waals surface area contributed by atoms with Gasteiger partial charge in [-0.05, 0) is 86.4 Å². The van der Waals surface area contributed by atoms with Gasteiger partial charge in [0.1, 0.15) is 5.82 Å². The zero-order chi connectivity index (χ0) is 17.6. The Bertz CT molecular complexity index is 784. The first-order valence-electron chi connectivity index (χ1n) is 9.18. The van der Waals surface area contributed by atoms with E-state index >= 15 is 0 Å². The number of hydrogen-bond donors (Lipinski definition) is 0. The summed E-state index contributed by atoms with van der Waals surface area (Å²) < 4.78 is 13.2. The van der Waals surface area contributed by atoms with E-state index < -0.39 is 0 Å². The van der Waals surface area contributed by atoms with Crippen LogP contribution in [0.3, 0.4) is 0 Å². The second-order valence-electron chi connectivity index (χ2n) is 7.62. The minimum Gasteiger partial charge on any atom is -0.333 e. The van der Waals surface area contributed by atoms with Crippen LogP contribution in [0.1, 0.15) is 58.6 Å². The molecule has 0 aliphatic carbocycles. The van der Waals surface area contributed by atoms with Gasteiger partial charge in [0.05, 0.1) is 0 Å². The van der Waals surface area contributed by atoms with Gasteiger partial charge in [-0.2, -0.15) is 0 Å². The molecule has 2 aromatic rings. The van der Waals surface area contributed by atoms with Gasteiger partial charge < -0.3 is 4.90 Å². The van der Waals surface area contributed by atoms with Crippen LogP contribution in [0.15, 0.2) is 42.5 Å². The molecule has 1 amide bonds. The molecular formula is C22H24FNO. The number of nitrogens with zero attached hydrogens (tertiary/aromatic N) is 1. The highest BCUT2D eigenvalue weighted by molar-refractivity contribution is 5.95. The van der Waals surface area contributed by atoms with E-state index in [4.69, 9.17) is 0 Å². The van der Waals surface area contributed by atoms with E-state index in [-0.39, 0.29) is 11.7 Å². The maximum Gasteiger partial charge on any atom is 0.254 e. The lowest BCUT2D eigenvalue weighted by Gasteiger charge is -2.39. The summed E-state index contributed by atoms with van der Waals surface area (Å²) in [5.41, 5.74) is 4.39. The largest absolute Gasteiger partial charge is 0.333 e. The first-order valence-corrected chi connectivity index (χ1v) is 9.18. The molecule has 3 heteroatoms. The van der Waals surface area contributed by atoms with E-state index in [1.807, 2.05) is 30.3 Å². The van der Waals surface area contributed by atoms with Gasteiger partial charge in [-0.3, -0.25) is 4.79 Å². The van der Waals surface area contributed by atoms with Crippen LogP contribution in [-0.4, -0.2) is 22.9 Å². The number of piperidine rings is 1. The Morgan fingerprint density at radius 1 is 0.960 bits per heavy atom. The van der Waals surface area contributed by atoms with E-state index in [1.54, 1.807) is 12.1 Å². The van der Waals surface area contributed by atoms with Gasteiger partial charge in [-0.25, -0.2) is 4.39 Å². The molecule has 2 aliphatic rings. The Hall–Kier alpha value is -2.16. The van der Waals surface area contributed by atoms with Gasteiger partial charge >= 0.3 is 0 Å². The van der Waals surface area contributed by atoms with Gasteiger partial charge in [0.2, 0.25) is 0 Å². The highest BCUT2D eigenvalue weighted by Crippen LogP contribution is 2.43. The van der Waals surface area contributed by atoms with E-state index in [0.29, 0.717) is 18.0 Å². The molecule has 4 rings (SSSR count). The van der Waals surface area contributed by atoms with E-state index in [2.05, 4.69) is 18.7 Å². The Labute approximate surface area is 148 Å². The second kappa shape index (κ2) is 6.29. The third-order valence-corrected chi connectivity index (χ3v) is 6.06. The lowest BCUT2D eigenvalue weighted by atomic mass is 9.84. The number of carbonyl (C=O) groups excluding carboxylic acids is 1. The number of rotatable bonds is 2. The smallest absolute Gasteiger partial charge is 0.254 e. The van der Waals surface area contributed by atoms with Crippen molar-refractivity contribution in [2.75, 3.05) is 0 Å². The van der Waals surface area contributed by atoms with Crippen LogP contribution >= 0.6 is 0 Å². The van der Waals surface area contributed by atoms with E-state index in [1.165, 1.54) is 16.7 Å². The fourth-order valence-corrected chi connectivity index (χ4v) is 4.54. The molecule has 2 heterocycles. The molecule has 0 radical (unpaired) electrons. The molecule has 3 atom stereocenters. The lowest BCUT2D eigenvalue weighted by molar-refractivity contribution is 0.0571. The number of hydrogen-bond acceptors (Lipinski definition) is 1. The minimum atomic E-state index is -0.186. The number of benzene rings is 2. The molecule has 0 N–H and O–H groups in total. The topological polar surface area (TPSA) is 20.3 Å². The summed E-state index contributed by atoms with van der Waals surface area (Å²) >= 11 is 0. The molecule has 2 nitrogen and oxygen atoms in total. The number of halogens is 1. The summed E-state index contributed by atoms with van der Waals surface area (Å²) in [5.74, 6) is 0.420. The van der Waals surface area contributed by atoms with Crippen molar-refractivity contribution in [1.82, 2.24) is 4.90 Å². The zero-order valence-electron chi connectivity index (χ0n) is 14.8. The molecule has 0 saturated carbocycles. The molecular weight excluding hydrogens is 313 g/mol. The Kier molecular flexibility index (Phi) is 4.10. The number of aryl methyl sites for hydroxylation is 2. The molecule has 0 spiro atoms.